The first-order valence-electron chi connectivity index (χ1n) is 13.5. The van der Waals surface area contributed by atoms with Crippen molar-refractivity contribution in [2.75, 3.05) is 33.3 Å². The topological polar surface area (TPSA) is 84.2 Å². The van der Waals surface area contributed by atoms with Crippen molar-refractivity contribution in [3.05, 3.63) is 47.0 Å². The van der Waals surface area contributed by atoms with Crippen LogP contribution in [0.3, 0.4) is 0 Å². The van der Waals surface area contributed by atoms with E-state index in [9.17, 15) is 27.9 Å². The van der Waals surface area contributed by atoms with Crippen molar-refractivity contribution in [3.63, 3.8) is 0 Å². The van der Waals surface area contributed by atoms with Crippen molar-refractivity contribution >= 4 is 23.2 Å². The van der Waals surface area contributed by atoms with E-state index < -0.39 is 18.2 Å². The molecule has 5 rings (SSSR count). The van der Waals surface area contributed by atoms with Crippen molar-refractivity contribution in [1.29, 1.82) is 0 Å². The van der Waals surface area contributed by atoms with E-state index >= 15 is 0 Å². The Kier molecular flexibility index (Phi) is 8.06. The molecular weight excluding hydrogens is 559 g/mol. The van der Waals surface area contributed by atoms with Crippen LogP contribution in [0.4, 0.5) is 13.2 Å². The minimum Gasteiger partial charge on any atom is -0.493 e. The standard InChI is InChI=1S/C29H32F3N3O5S/c1-17(2)40-23-16-19-18(14-22(23)39-3)7-10-35-21(15-20(25(19)35)24-6-4-13-41-24)27(37)33-8-5-9-34(12-11-33)28(38)26(36)29(30,31)32/h4,6,13-17,26,36H,5,7-12H2,1-3H3. The minimum atomic E-state index is -5.04. The number of halogens is 3. The lowest BCUT2D eigenvalue weighted by Gasteiger charge is -2.27. The van der Waals surface area contributed by atoms with Gasteiger partial charge in [0.05, 0.1) is 18.9 Å². The Morgan fingerprint density at radius 3 is 2.39 bits per heavy atom. The van der Waals surface area contributed by atoms with Gasteiger partial charge >= 0.3 is 6.18 Å². The van der Waals surface area contributed by atoms with Crippen LogP contribution in [-0.4, -0.2) is 83.0 Å². The smallest absolute Gasteiger partial charge is 0.423 e. The van der Waals surface area contributed by atoms with E-state index in [1.54, 1.807) is 23.3 Å². The molecule has 2 amide bonds. The van der Waals surface area contributed by atoms with Gasteiger partial charge in [-0.25, -0.2) is 0 Å². The molecule has 1 N–H and O–H groups in total. The summed E-state index contributed by atoms with van der Waals surface area (Å²) >= 11 is 1.56. The number of fused-ring (bicyclic) bond motifs is 3. The van der Waals surface area contributed by atoms with Gasteiger partial charge in [0, 0.05) is 48.7 Å². The summed E-state index contributed by atoms with van der Waals surface area (Å²) in [6.45, 7) is 4.70. The maximum Gasteiger partial charge on any atom is 0.423 e. The highest BCUT2D eigenvalue weighted by atomic mass is 32.1. The number of hydrogen-bond donors (Lipinski definition) is 1. The molecule has 3 aromatic rings. The summed E-state index contributed by atoms with van der Waals surface area (Å²) < 4.78 is 52.4. The molecule has 1 saturated heterocycles. The van der Waals surface area contributed by atoms with Gasteiger partial charge in [-0.15, -0.1) is 11.3 Å². The van der Waals surface area contributed by atoms with E-state index in [4.69, 9.17) is 9.47 Å². The van der Waals surface area contributed by atoms with Crippen molar-refractivity contribution in [3.8, 4) is 33.2 Å². The number of carbonyl (C=O) groups is 2. The van der Waals surface area contributed by atoms with Crippen LogP contribution < -0.4 is 9.47 Å². The quantitative estimate of drug-likeness (QED) is 0.444. The second-order valence-corrected chi connectivity index (χ2v) is 11.4. The molecule has 1 unspecified atom stereocenters. The number of alkyl halides is 3. The molecule has 1 aromatic carbocycles. The Morgan fingerprint density at radius 1 is 1.00 bits per heavy atom. The average molecular weight is 592 g/mol. The zero-order valence-corrected chi connectivity index (χ0v) is 23.8. The predicted octanol–water partition coefficient (Wildman–Crippen LogP) is 4.83. The second-order valence-electron chi connectivity index (χ2n) is 10.4. The van der Waals surface area contributed by atoms with Crippen LogP contribution in [0, 0.1) is 0 Å². The lowest BCUT2D eigenvalue weighted by molar-refractivity contribution is -0.210. The molecule has 2 aromatic heterocycles. The van der Waals surface area contributed by atoms with Crippen molar-refractivity contribution in [2.24, 2.45) is 0 Å². The Bertz CT molecular complexity index is 1430. The molecule has 0 radical (unpaired) electrons. The van der Waals surface area contributed by atoms with Crippen LogP contribution in [0.2, 0.25) is 0 Å². The fourth-order valence-electron chi connectivity index (χ4n) is 5.45. The Balaban J connectivity index is 1.50. The number of aliphatic hydroxyl groups excluding tert-OH is 1. The number of nitrogens with zero attached hydrogens (tertiary/aromatic N) is 3. The summed E-state index contributed by atoms with van der Waals surface area (Å²) in [4.78, 5) is 29.7. The molecule has 41 heavy (non-hydrogen) atoms. The van der Waals surface area contributed by atoms with Crippen LogP contribution in [0.1, 0.15) is 36.3 Å². The van der Waals surface area contributed by atoms with Gasteiger partial charge < -0.3 is 28.9 Å². The molecule has 1 fully saturated rings. The molecule has 2 aliphatic rings. The third-order valence-corrected chi connectivity index (χ3v) is 8.26. The highest BCUT2D eigenvalue weighted by Crippen LogP contribution is 2.45. The average Bonchev–Trinajstić information content (AvgIpc) is 3.52. The first-order valence-corrected chi connectivity index (χ1v) is 14.4. The summed E-state index contributed by atoms with van der Waals surface area (Å²) in [7, 11) is 1.61. The van der Waals surface area contributed by atoms with Crippen LogP contribution in [0.15, 0.2) is 35.7 Å². The van der Waals surface area contributed by atoms with E-state index in [2.05, 4.69) is 0 Å². The highest BCUT2D eigenvalue weighted by Gasteiger charge is 2.45. The van der Waals surface area contributed by atoms with Gasteiger partial charge in [-0.3, -0.25) is 9.59 Å². The fourth-order valence-corrected chi connectivity index (χ4v) is 6.19. The van der Waals surface area contributed by atoms with Gasteiger partial charge in [-0.2, -0.15) is 13.2 Å². The molecule has 1 atom stereocenters. The second kappa shape index (κ2) is 11.4. The molecule has 0 bridgehead atoms. The SMILES string of the molecule is COc1cc2c(cc1OC(C)C)-c1c(-c3cccs3)cc(C(=O)N3CCCN(C(=O)C(O)C(F)(F)F)CC3)n1CC2. The third kappa shape index (κ3) is 5.67. The lowest BCUT2D eigenvalue weighted by Crippen LogP contribution is -2.47. The normalized spacial score (nSPS) is 16.2. The Morgan fingerprint density at radius 2 is 1.73 bits per heavy atom. The molecule has 0 saturated carbocycles. The van der Waals surface area contributed by atoms with Gasteiger partial charge in [-0.05, 0) is 61.9 Å². The van der Waals surface area contributed by atoms with Gasteiger partial charge in [0.15, 0.2) is 11.5 Å². The number of benzene rings is 1. The van der Waals surface area contributed by atoms with Gasteiger partial charge in [0.2, 0.25) is 6.10 Å². The summed E-state index contributed by atoms with van der Waals surface area (Å²) in [5.74, 6) is -0.390. The van der Waals surface area contributed by atoms with Crippen LogP contribution >= 0.6 is 11.3 Å². The van der Waals surface area contributed by atoms with Gasteiger partial charge in [-0.1, -0.05) is 6.07 Å². The third-order valence-electron chi connectivity index (χ3n) is 7.35. The lowest BCUT2D eigenvalue weighted by atomic mass is 9.95. The van der Waals surface area contributed by atoms with Crippen molar-refractivity contribution < 1.29 is 37.3 Å². The number of thiophene rings is 1. The summed E-state index contributed by atoms with van der Waals surface area (Å²) in [6, 6.07) is 9.78. The first-order chi connectivity index (χ1) is 19.5. The molecule has 8 nitrogen and oxygen atoms in total. The van der Waals surface area contributed by atoms with Crippen LogP contribution in [0.5, 0.6) is 11.5 Å². The van der Waals surface area contributed by atoms with Gasteiger partial charge in [0.25, 0.3) is 11.8 Å². The molecule has 4 heterocycles. The first kappa shape index (κ1) is 29.0. The van der Waals surface area contributed by atoms with E-state index in [0.29, 0.717) is 36.6 Å². The number of ether oxygens (including phenoxy) is 2. The molecular formula is C29H32F3N3O5S. The van der Waals surface area contributed by atoms with Crippen LogP contribution in [-0.2, 0) is 17.8 Å². The van der Waals surface area contributed by atoms with Gasteiger partial charge in [0.1, 0.15) is 5.69 Å². The maximum atomic E-state index is 13.9. The molecule has 0 aliphatic carbocycles. The summed E-state index contributed by atoms with van der Waals surface area (Å²) in [5.41, 5.74) is 4.31. The van der Waals surface area contributed by atoms with E-state index in [1.807, 2.05) is 54.1 Å². The zero-order chi connectivity index (χ0) is 29.5. The van der Waals surface area contributed by atoms with E-state index in [1.165, 1.54) is 0 Å². The van der Waals surface area contributed by atoms with Crippen molar-refractivity contribution in [2.45, 2.75) is 51.6 Å². The predicted molar refractivity (Wildman–Crippen MR) is 148 cm³/mol. The molecule has 2 aliphatic heterocycles. The molecule has 0 spiro atoms. The Hall–Kier alpha value is -3.51. The number of methoxy groups -OCH3 is 1. The maximum absolute atomic E-state index is 13.9. The summed E-state index contributed by atoms with van der Waals surface area (Å²) in [6.07, 6.45) is -7.22. The highest BCUT2D eigenvalue weighted by molar-refractivity contribution is 7.13. The number of aliphatic hydroxyl groups is 1. The number of aromatic nitrogens is 1. The largest absolute Gasteiger partial charge is 0.493 e. The molecule has 220 valence electrons. The number of hydrogen-bond acceptors (Lipinski definition) is 6. The van der Waals surface area contributed by atoms with E-state index in [-0.39, 0.29) is 38.2 Å². The number of carbonyl (C=O) groups excluding carboxylic acids is 2. The minimum absolute atomic E-state index is 0.0241. The zero-order valence-electron chi connectivity index (χ0n) is 23.0. The van der Waals surface area contributed by atoms with E-state index in [0.717, 1.165) is 32.2 Å². The number of amides is 2. The molecule has 12 heteroatoms. The van der Waals surface area contributed by atoms with Crippen LogP contribution in [0.25, 0.3) is 21.7 Å². The number of rotatable bonds is 6. The van der Waals surface area contributed by atoms with Crippen molar-refractivity contribution in [1.82, 2.24) is 14.4 Å². The number of aryl methyl sites for hydroxylation is 1. The summed E-state index contributed by atoms with van der Waals surface area (Å²) in [5, 5.41) is 11.4. The fraction of sp³-hybridized carbons (Fsp3) is 0.448. The Labute approximate surface area is 239 Å². The monoisotopic (exact) mass is 591 g/mol.